The van der Waals surface area contributed by atoms with Crippen LogP contribution in [-0.4, -0.2) is 35.0 Å². The lowest BCUT2D eigenvalue weighted by atomic mass is 10.1. The number of nitrogens with one attached hydrogen (secondary N) is 2. The highest BCUT2D eigenvalue weighted by Gasteiger charge is 2.27. The maximum Gasteiger partial charge on any atom is 0.291 e. The number of methoxy groups -OCH3 is 1. The van der Waals surface area contributed by atoms with Crippen molar-refractivity contribution in [1.29, 1.82) is 0 Å². The van der Waals surface area contributed by atoms with E-state index >= 15 is 0 Å². The lowest BCUT2D eigenvalue weighted by Crippen LogP contribution is -2.26. The predicted octanol–water partition coefficient (Wildman–Crippen LogP) is 2.62. The number of imidazole rings is 1. The largest absolute Gasteiger partial charge is 0.497 e. The number of nitrogens with zero attached hydrogens (tertiary/aromatic N) is 2. The lowest BCUT2D eigenvalue weighted by molar-refractivity contribution is 0.0947. The molecular weight excluding hydrogens is 332 g/mol. The van der Waals surface area contributed by atoms with Gasteiger partial charge in [-0.3, -0.25) is 9.59 Å². The number of hydrogen-bond donors (Lipinski definition) is 2. The van der Waals surface area contributed by atoms with Crippen LogP contribution >= 0.6 is 0 Å². The molecule has 0 radical (unpaired) electrons. The van der Waals surface area contributed by atoms with E-state index in [1.165, 1.54) is 0 Å². The van der Waals surface area contributed by atoms with Crippen LogP contribution in [0.25, 0.3) is 0 Å². The molecule has 0 unspecified atom stereocenters. The molecule has 2 N–H and O–H groups in total. The number of aromatic nitrogens is 2. The molecule has 0 atom stereocenters. The van der Waals surface area contributed by atoms with Crippen molar-refractivity contribution in [1.82, 2.24) is 14.9 Å². The Kier molecular flexibility index (Phi) is 5.55. The van der Waals surface area contributed by atoms with Crippen molar-refractivity contribution >= 4 is 17.5 Å². The molecule has 0 saturated heterocycles. The van der Waals surface area contributed by atoms with Crippen molar-refractivity contribution < 1.29 is 14.3 Å². The average Bonchev–Trinajstić information content (AvgIpc) is 3.06. The third-order valence-corrected chi connectivity index (χ3v) is 4.42. The molecule has 0 saturated carbocycles. The Bertz CT molecular complexity index is 796. The number of carbonyl (C=O) groups is 2. The fourth-order valence-corrected chi connectivity index (χ4v) is 3.08. The molecule has 0 spiro atoms. The topological polar surface area (TPSA) is 85.2 Å². The fraction of sp³-hybridized carbons (Fsp3) is 0.421. The molecule has 1 aliphatic rings. The van der Waals surface area contributed by atoms with Gasteiger partial charge in [0, 0.05) is 18.8 Å². The SMILES string of the molecule is CCCNC(=O)c1nc(C(=O)Nc2ccc(OC)cc2)n2c1CCCC2. The third-order valence-electron chi connectivity index (χ3n) is 4.42. The standard InChI is InChI=1S/C19H24N4O3/c1-3-11-20-18(24)16-15-6-4-5-12-23(15)17(22-16)19(25)21-13-7-9-14(26-2)10-8-13/h7-10H,3-6,11-12H2,1-2H3,(H,20,24)(H,21,25). The van der Waals surface area contributed by atoms with Gasteiger partial charge in [-0.25, -0.2) is 4.98 Å². The van der Waals surface area contributed by atoms with Crippen LogP contribution in [-0.2, 0) is 13.0 Å². The summed E-state index contributed by atoms with van der Waals surface area (Å²) in [5.74, 6) is 0.488. The van der Waals surface area contributed by atoms with E-state index in [4.69, 9.17) is 4.74 Å². The maximum absolute atomic E-state index is 12.7. The van der Waals surface area contributed by atoms with Crippen LogP contribution in [0.1, 0.15) is 53.0 Å². The van der Waals surface area contributed by atoms with Gasteiger partial charge >= 0.3 is 0 Å². The van der Waals surface area contributed by atoms with Crippen LogP contribution in [0.5, 0.6) is 5.75 Å². The number of anilines is 1. The quantitative estimate of drug-likeness (QED) is 0.833. The summed E-state index contributed by atoms with van der Waals surface area (Å²) in [6, 6.07) is 7.10. The van der Waals surface area contributed by atoms with Crippen LogP contribution < -0.4 is 15.4 Å². The van der Waals surface area contributed by atoms with Crippen molar-refractivity contribution in [3.63, 3.8) is 0 Å². The number of benzene rings is 1. The minimum atomic E-state index is -0.312. The van der Waals surface area contributed by atoms with Gasteiger partial charge in [0.15, 0.2) is 5.82 Å². The molecule has 0 fully saturated rings. The van der Waals surface area contributed by atoms with Gasteiger partial charge in [0.25, 0.3) is 11.8 Å². The smallest absolute Gasteiger partial charge is 0.291 e. The normalized spacial score (nSPS) is 13.0. The van der Waals surface area contributed by atoms with Gasteiger partial charge < -0.3 is 19.9 Å². The first-order valence-electron chi connectivity index (χ1n) is 8.97. The molecule has 2 heterocycles. The minimum Gasteiger partial charge on any atom is -0.497 e. The highest BCUT2D eigenvalue weighted by Crippen LogP contribution is 2.22. The highest BCUT2D eigenvalue weighted by atomic mass is 16.5. The Morgan fingerprint density at radius 1 is 1.19 bits per heavy atom. The molecular formula is C19H24N4O3. The van der Waals surface area contributed by atoms with Gasteiger partial charge in [0.1, 0.15) is 11.4 Å². The minimum absolute atomic E-state index is 0.207. The number of rotatable bonds is 6. The van der Waals surface area contributed by atoms with E-state index in [0.29, 0.717) is 24.5 Å². The summed E-state index contributed by atoms with van der Waals surface area (Å²) in [5.41, 5.74) is 1.88. The number of hydrogen-bond acceptors (Lipinski definition) is 4. The van der Waals surface area contributed by atoms with Crippen molar-refractivity contribution in [2.45, 2.75) is 39.2 Å². The van der Waals surface area contributed by atoms with Crippen LogP contribution in [0.4, 0.5) is 5.69 Å². The molecule has 0 aliphatic carbocycles. The van der Waals surface area contributed by atoms with Crippen LogP contribution in [0.15, 0.2) is 24.3 Å². The van der Waals surface area contributed by atoms with Gasteiger partial charge in [-0.15, -0.1) is 0 Å². The molecule has 1 aromatic heterocycles. The van der Waals surface area contributed by atoms with Gasteiger partial charge in [0.05, 0.1) is 12.8 Å². The molecule has 26 heavy (non-hydrogen) atoms. The van der Waals surface area contributed by atoms with Crippen LogP contribution in [0.2, 0.25) is 0 Å². The molecule has 7 heteroatoms. The molecule has 138 valence electrons. The van der Waals surface area contributed by atoms with E-state index in [2.05, 4.69) is 15.6 Å². The summed E-state index contributed by atoms with van der Waals surface area (Å²) in [6.45, 7) is 3.30. The zero-order chi connectivity index (χ0) is 18.5. The summed E-state index contributed by atoms with van der Waals surface area (Å²) < 4.78 is 7.00. The highest BCUT2D eigenvalue weighted by molar-refractivity contribution is 6.03. The fourth-order valence-electron chi connectivity index (χ4n) is 3.08. The van der Waals surface area contributed by atoms with Gasteiger partial charge in [-0.2, -0.15) is 0 Å². The Hall–Kier alpha value is -2.83. The molecule has 2 aromatic rings. The Morgan fingerprint density at radius 3 is 2.65 bits per heavy atom. The maximum atomic E-state index is 12.7. The van der Waals surface area contributed by atoms with Crippen molar-refractivity contribution in [3.8, 4) is 5.75 Å². The summed E-state index contributed by atoms with van der Waals surface area (Å²) >= 11 is 0. The predicted molar refractivity (Wildman–Crippen MR) is 98.7 cm³/mol. The van der Waals surface area contributed by atoms with Crippen LogP contribution in [0, 0.1) is 0 Å². The molecule has 7 nitrogen and oxygen atoms in total. The summed E-state index contributed by atoms with van der Waals surface area (Å²) in [4.78, 5) is 29.5. The molecule has 3 rings (SSSR count). The zero-order valence-corrected chi connectivity index (χ0v) is 15.2. The van der Waals surface area contributed by atoms with Crippen molar-refractivity contribution in [2.24, 2.45) is 0 Å². The third kappa shape index (κ3) is 3.71. The zero-order valence-electron chi connectivity index (χ0n) is 15.2. The van der Waals surface area contributed by atoms with E-state index in [1.54, 1.807) is 31.4 Å². The Labute approximate surface area is 152 Å². The summed E-state index contributed by atoms with van der Waals surface area (Å²) in [7, 11) is 1.59. The van der Waals surface area contributed by atoms with Gasteiger partial charge in [-0.1, -0.05) is 6.92 Å². The first-order valence-corrected chi connectivity index (χ1v) is 8.97. The van der Waals surface area contributed by atoms with Crippen LogP contribution in [0.3, 0.4) is 0 Å². The van der Waals surface area contributed by atoms with E-state index < -0.39 is 0 Å². The second-order valence-corrected chi connectivity index (χ2v) is 6.28. The van der Waals surface area contributed by atoms with Gasteiger partial charge in [-0.05, 0) is 49.9 Å². The Balaban J connectivity index is 1.84. The number of carbonyl (C=O) groups excluding carboxylic acids is 2. The molecule has 1 aromatic carbocycles. The van der Waals surface area contributed by atoms with Crippen molar-refractivity contribution in [3.05, 3.63) is 41.5 Å². The van der Waals surface area contributed by atoms with E-state index in [1.807, 2.05) is 11.5 Å². The second-order valence-electron chi connectivity index (χ2n) is 6.28. The Morgan fingerprint density at radius 2 is 1.96 bits per heavy atom. The number of fused-ring (bicyclic) bond motifs is 1. The average molecular weight is 356 g/mol. The first-order chi connectivity index (χ1) is 12.6. The lowest BCUT2D eigenvalue weighted by Gasteiger charge is -2.17. The summed E-state index contributed by atoms with van der Waals surface area (Å²) in [6.07, 6.45) is 3.59. The molecule has 0 bridgehead atoms. The van der Waals surface area contributed by atoms with E-state index in [9.17, 15) is 9.59 Å². The van der Waals surface area contributed by atoms with Crippen molar-refractivity contribution in [2.75, 3.05) is 19.0 Å². The molecule has 2 amide bonds. The summed E-state index contributed by atoms with van der Waals surface area (Å²) in [5, 5.41) is 5.70. The molecule has 1 aliphatic heterocycles. The van der Waals surface area contributed by atoms with E-state index in [-0.39, 0.29) is 17.6 Å². The monoisotopic (exact) mass is 356 g/mol. The second kappa shape index (κ2) is 8.03. The van der Waals surface area contributed by atoms with Gasteiger partial charge in [0.2, 0.25) is 0 Å². The van der Waals surface area contributed by atoms with E-state index in [0.717, 1.165) is 37.1 Å². The number of ether oxygens (including phenoxy) is 1. The first kappa shape index (κ1) is 18.0. The number of amides is 2.